The molecule has 0 fully saturated rings. The smallest absolute Gasteiger partial charge is 0.240 e. The lowest BCUT2D eigenvalue weighted by Gasteiger charge is -2.07. The molecule has 19 heavy (non-hydrogen) atoms. The summed E-state index contributed by atoms with van der Waals surface area (Å²) in [5.74, 6) is 1.47. The van der Waals surface area contributed by atoms with E-state index in [1.165, 1.54) is 0 Å². The van der Waals surface area contributed by atoms with Crippen LogP contribution in [0.4, 0.5) is 5.69 Å². The lowest BCUT2D eigenvalue weighted by molar-refractivity contribution is 0.323. The molecule has 2 N–H and O–H groups in total. The Balaban J connectivity index is 2.11. The van der Waals surface area contributed by atoms with Gasteiger partial charge < -0.3 is 15.2 Å². The average molecular weight is 262 g/mol. The molecule has 0 aliphatic carbocycles. The van der Waals surface area contributed by atoms with Gasteiger partial charge in [-0.2, -0.15) is 10.1 Å². The van der Waals surface area contributed by atoms with Gasteiger partial charge in [-0.3, -0.25) is 4.68 Å². The standard InChI is InChI=1S/C13H18N4O2/c1-3-7-17-9-10(8-15-17)19-12-6-5-11(14)13(16-12)18-4-2/h5-6,8-9H,3-4,7,14H2,1-2H3. The molecule has 0 amide bonds. The van der Waals surface area contributed by atoms with Crippen molar-refractivity contribution >= 4 is 5.69 Å². The van der Waals surface area contributed by atoms with Crippen molar-refractivity contribution in [3.63, 3.8) is 0 Å². The van der Waals surface area contributed by atoms with E-state index in [0.29, 0.717) is 29.8 Å². The van der Waals surface area contributed by atoms with Gasteiger partial charge in [-0.15, -0.1) is 0 Å². The Bertz CT molecular complexity index is 539. The number of aryl methyl sites for hydroxylation is 1. The summed E-state index contributed by atoms with van der Waals surface area (Å²) in [6.07, 6.45) is 4.52. The molecular formula is C13H18N4O2. The maximum atomic E-state index is 5.75. The van der Waals surface area contributed by atoms with Crippen LogP contribution in [-0.4, -0.2) is 21.4 Å². The van der Waals surface area contributed by atoms with E-state index in [2.05, 4.69) is 17.0 Å². The van der Waals surface area contributed by atoms with Gasteiger partial charge in [-0.1, -0.05) is 6.92 Å². The van der Waals surface area contributed by atoms with Gasteiger partial charge in [-0.05, 0) is 19.4 Å². The molecule has 6 nitrogen and oxygen atoms in total. The quantitative estimate of drug-likeness (QED) is 0.865. The second-order valence-corrected chi connectivity index (χ2v) is 4.02. The minimum absolute atomic E-state index is 0.390. The second-order valence-electron chi connectivity index (χ2n) is 4.02. The number of rotatable bonds is 6. The zero-order valence-corrected chi connectivity index (χ0v) is 11.2. The first-order valence-corrected chi connectivity index (χ1v) is 6.32. The topological polar surface area (TPSA) is 75.2 Å². The summed E-state index contributed by atoms with van der Waals surface area (Å²) in [6.45, 7) is 5.35. The molecule has 2 aromatic heterocycles. The van der Waals surface area contributed by atoms with Crippen molar-refractivity contribution in [2.45, 2.75) is 26.8 Å². The maximum Gasteiger partial charge on any atom is 0.240 e. The van der Waals surface area contributed by atoms with Crippen LogP contribution in [0.25, 0.3) is 0 Å². The predicted molar refractivity (Wildman–Crippen MR) is 72.4 cm³/mol. The maximum absolute atomic E-state index is 5.75. The first kappa shape index (κ1) is 13.2. The van der Waals surface area contributed by atoms with Crippen LogP contribution in [-0.2, 0) is 6.54 Å². The number of nitrogens with two attached hydrogens (primary N) is 1. The highest BCUT2D eigenvalue weighted by molar-refractivity contribution is 5.49. The Labute approximate surface area is 112 Å². The summed E-state index contributed by atoms with van der Waals surface area (Å²) in [4.78, 5) is 4.21. The number of pyridine rings is 1. The lowest BCUT2D eigenvalue weighted by atomic mass is 10.4. The molecule has 6 heteroatoms. The number of anilines is 1. The van der Waals surface area contributed by atoms with E-state index in [0.717, 1.165) is 13.0 Å². The number of hydrogen-bond acceptors (Lipinski definition) is 5. The molecule has 2 rings (SSSR count). The van der Waals surface area contributed by atoms with Gasteiger partial charge in [0.1, 0.15) is 0 Å². The SMILES string of the molecule is CCCn1cc(Oc2ccc(N)c(OCC)n2)cn1. The molecule has 102 valence electrons. The molecule has 0 saturated carbocycles. The normalized spacial score (nSPS) is 10.4. The molecule has 0 aliphatic heterocycles. The van der Waals surface area contributed by atoms with Crippen LogP contribution in [0.15, 0.2) is 24.5 Å². The molecule has 0 spiro atoms. The summed E-state index contributed by atoms with van der Waals surface area (Å²) in [6, 6.07) is 3.42. The van der Waals surface area contributed by atoms with Gasteiger partial charge in [0.15, 0.2) is 5.75 Å². The Morgan fingerprint density at radius 3 is 2.89 bits per heavy atom. The molecule has 0 radical (unpaired) electrons. The molecule has 0 saturated heterocycles. The zero-order valence-electron chi connectivity index (χ0n) is 11.2. The summed E-state index contributed by atoms with van der Waals surface area (Å²) >= 11 is 0. The number of ether oxygens (including phenoxy) is 2. The van der Waals surface area contributed by atoms with Crippen LogP contribution in [0.3, 0.4) is 0 Å². The van der Waals surface area contributed by atoms with E-state index >= 15 is 0 Å². The van der Waals surface area contributed by atoms with E-state index in [-0.39, 0.29) is 0 Å². The van der Waals surface area contributed by atoms with Gasteiger partial charge in [0, 0.05) is 12.6 Å². The highest BCUT2D eigenvalue weighted by Gasteiger charge is 2.07. The fourth-order valence-electron chi connectivity index (χ4n) is 1.61. The van der Waals surface area contributed by atoms with Crippen molar-refractivity contribution in [2.24, 2.45) is 0 Å². The van der Waals surface area contributed by atoms with Gasteiger partial charge in [-0.25, -0.2) is 0 Å². The van der Waals surface area contributed by atoms with Crippen molar-refractivity contribution in [2.75, 3.05) is 12.3 Å². The van der Waals surface area contributed by atoms with E-state index < -0.39 is 0 Å². The third-order valence-electron chi connectivity index (χ3n) is 2.43. The first-order chi connectivity index (χ1) is 9.22. The highest BCUT2D eigenvalue weighted by atomic mass is 16.5. The van der Waals surface area contributed by atoms with E-state index in [1.54, 1.807) is 18.3 Å². The minimum Gasteiger partial charge on any atom is -0.476 e. The summed E-state index contributed by atoms with van der Waals surface area (Å²) in [7, 11) is 0. The van der Waals surface area contributed by atoms with Crippen molar-refractivity contribution in [3.8, 4) is 17.5 Å². The van der Waals surface area contributed by atoms with Crippen molar-refractivity contribution in [3.05, 3.63) is 24.5 Å². The van der Waals surface area contributed by atoms with Crippen molar-refractivity contribution < 1.29 is 9.47 Å². The van der Waals surface area contributed by atoms with Gasteiger partial charge in [0.25, 0.3) is 0 Å². The monoisotopic (exact) mass is 262 g/mol. The zero-order chi connectivity index (χ0) is 13.7. The number of aromatic nitrogens is 3. The predicted octanol–water partition coefficient (Wildman–Crippen LogP) is 2.46. The van der Waals surface area contributed by atoms with Crippen LogP contribution in [0.2, 0.25) is 0 Å². The summed E-state index contributed by atoms with van der Waals surface area (Å²) < 4.78 is 12.8. The van der Waals surface area contributed by atoms with Gasteiger partial charge in [0.05, 0.1) is 24.7 Å². The first-order valence-electron chi connectivity index (χ1n) is 6.32. The Kier molecular flexibility index (Phi) is 4.22. The molecule has 2 heterocycles. The largest absolute Gasteiger partial charge is 0.476 e. The van der Waals surface area contributed by atoms with Crippen LogP contribution in [0, 0.1) is 0 Å². The third-order valence-corrected chi connectivity index (χ3v) is 2.43. The molecule has 0 aromatic carbocycles. The van der Waals surface area contributed by atoms with Crippen LogP contribution >= 0.6 is 0 Å². The molecule has 0 unspecified atom stereocenters. The molecule has 0 atom stereocenters. The second kappa shape index (κ2) is 6.08. The highest BCUT2D eigenvalue weighted by Crippen LogP contribution is 2.25. The number of nitrogens with zero attached hydrogens (tertiary/aromatic N) is 3. The van der Waals surface area contributed by atoms with Crippen LogP contribution in [0.5, 0.6) is 17.5 Å². The Morgan fingerprint density at radius 2 is 2.16 bits per heavy atom. The van der Waals surface area contributed by atoms with E-state index in [9.17, 15) is 0 Å². The molecule has 2 aromatic rings. The van der Waals surface area contributed by atoms with Gasteiger partial charge in [0.2, 0.25) is 11.8 Å². The van der Waals surface area contributed by atoms with Crippen LogP contribution < -0.4 is 15.2 Å². The lowest BCUT2D eigenvalue weighted by Crippen LogP contribution is -2.00. The number of hydrogen-bond donors (Lipinski definition) is 1. The Hall–Kier alpha value is -2.24. The summed E-state index contributed by atoms with van der Waals surface area (Å²) in [5.41, 5.74) is 6.25. The van der Waals surface area contributed by atoms with Crippen molar-refractivity contribution in [1.29, 1.82) is 0 Å². The van der Waals surface area contributed by atoms with Crippen LogP contribution in [0.1, 0.15) is 20.3 Å². The fourth-order valence-corrected chi connectivity index (χ4v) is 1.61. The third kappa shape index (κ3) is 3.37. The van der Waals surface area contributed by atoms with E-state index in [4.69, 9.17) is 15.2 Å². The molecule has 0 bridgehead atoms. The fraction of sp³-hybridized carbons (Fsp3) is 0.385. The molecular weight excluding hydrogens is 244 g/mol. The van der Waals surface area contributed by atoms with Gasteiger partial charge >= 0.3 is 0 Å². The molecule has 0 aliphatic rings. The average Bonchev–Trinajstić information content (AvgIpc) is 2.82. The van der Waals surface area contributed by atoms with Crippen molar-refractivity contribution in [1.82, 2.24) is 14.8 Å². The van der Waals surface area contributed by atoms with E-state index in [1.807, 2.05) is 17.8 Å². The summed E-state index contributed by atoms with van der Waals surface area (Å²) in [5, 5.41) is 4.19. The number of nitrogen functional groups attached to an aromatic ring is 1. The minimum atomic E-state index is 0.390. The Morgan fingerprint density at radius 1 is 1.32 bits per heavy atom.